The molecule has 0 aromatic heterocycles. The van der Waals surface area contributed by atoms with Crippen LogP contribution in [0, 0.1) is 0 Å². The molecular weight excluding hydrogens is 212 g/mol. The van der Waals surface area contributed by atoms with Gasteiger partial charge < -0.3 is 15.7 Å². The Morgan fingerprint density at radius 2 is 2.31 bits per heavy atom. The van der Waals surface area contributed by atoms with E-state index in [1.807, 2.05) is 0 Å². The molecule has 1 aromatic carbocycles. The number of carboxylic acids is 1. The van der Waals surface area contributed by atoms with Crippen LogP contribution < -0.4 is 5.73 Å². The van der Waals surface area contributed by atoms with Crippen molar-refractivity contribution in [3.05, 3.63) is 29.3 Å². The van der Waals surface area contributed by atoms with Gasteiger partial charge in [-0.3, -0.25) is 4.79 Å². The van der Waals surface area contributed by atoms with Crippen LogP contribution in [0.4, 0.5) is 5.69 Å². The van der Waals surface area contributed by atoms with Crippen LogP contribution in [-0.4, -0.2) is 29.7 Å². The summed E-state index contributed by atoms with van der Waals surface area (Å²) >= 11 is 0. The lowest BCUT2D eigenvalue weighted by atomic mass is 10.1. The second-order valence-corrected chi connectivity index (χ2v) is 3.21. The van der Waals surface area contributed by atoms with Crippen molar-refractivity contribution in [3.63, 3.8) is 0 Å². The van der Waals surface area contributed by atoms with Gasteiger partial charge in [0.1, 0.15) is 0 Å². The van der Waals surface area contributed by atoms with Crippen molar-refractivity contribution in [2.45, 2.75) is 6.54 Å². The summed E-state index contributed by atoms with van der Waals surface area (Å²) in [4.78, 5) is 25.4. The van der Waals surface area contributed by atoms with E-state index in [-0.39, 0.29) is 11.3 Å². The zero-order valence-electron chi connectivity index (χ0n) is 8.71. The van der Waals surface area contributed by atoms with E-state index in [1.54, 1.807) is 13.1 Å². The van der Waals surface area contributed by atoms with Gasteiger partial charge in [-0.05, 0) is 17.7 Å². The Balaban J connectivity index is 2.86. The quantitative estimate of drug-likeness (QED) is 0.429. The molecule has 0 bridgehead atoms. The first kappa shape index (κ1) is 12.0. The number of carbonyl (C=O) groups excluding carboxylic acids is 1. The van der Waals surface area contributed by atoms with Crippen LogP contribution in [0.2, 0.25) is 0 Å². The van der Waals surface area contributed by atoms with Gasteiger partial charge >= 0.3 is 12.4 Å². The SMILES string of the molecule is CN(Cc1ccc(N)c(C(=O)O)c1)OC=O. The number of hydroxylamine groups is 2. The number of carboxylic acid groups (broad SMARTS) is 1. The summed E-state index contributed by atoms with van der Waals surface area (Å²) in [5.74, 6) is -1.08. The summed E-state index contributed by atoms with van der Waals surface area (Å²) in [6.07, 6.45) is 0. The Morgan fingerprint density at radius 1 is 1.62 bits per heavy atom. The Labute approximate surface area is 92.2 Å². The minimum Gasteiger partial charge on any atom is -0.478 e. The molecule has 1 aromatic rings. The average Bonchev–Trinajstić information content (AvgIpc) is 2.21. The third-order valence-corrected chi connectivity index (χ3v) is 1.98. The van der Waals surface area contributed by atoms with E-state index in [1.165, 1.54) is 17.2 Å². The maximum atomic E-state index is 10.8. The number of rotatable bonds is 5. The molecule has 6 heteroatoms. The summed E-state index contributed by atoms with van der Waals surface area (Å²) in [6, 6.07) is 4.63. The normalized spacial score (nSPS) is 10.1. The van der Waals surface area contributed by atoms with Crippen LogP contribution in [-0.2, 0) is 16.2 Å². The summed E-state index contributed by atoms with van der Waals surface area (Å²) in [5.41, 5.74) is 6.43. The van der Waals surface area contributed by atoms with Gasteiger partial charge in [0.2, 0.25) is 0 Å². The number of nitrogens with two attached hydrogens (primary N) is 1. The van der Waals surface area contributed by atoms with E-state index in [9.17, 15) is 9.59 Å². The van der Waals surface area contributed by atoms with Gasteiger partial charge in [-0.15, -0.1) is 5.06 Å². The predicted molar refractivity (Wildman–Crippen MR) is 56.4 cm³/mol. The number of hydrogen-bond acceptors (Lipinski definition) is 5. The van der Waals surface area contributed by atoms with Crippen LogP contribution in [0.1, 0.15) is 15.9 Å². The van der Waals surface area contributed by atoms with E-state index >= 15 is 0 Å². The highest BCUT2D eigenvalue weighted by molar-refractivity contribution is 5.93. The fraction of sp³-hybridized carbons (Fsp3) is 0.200. The lowest BCUT2D eigenvalue weighted by Gasteiger charge is -2.13. The third kappa shape index (κ3) is 2.96. The Bertz CT molecular complexity index is 406. The van der Waals surface area contributed by atoms with Crippen molar-refractivity contribution in [2.75, 3.05) is 12.8 Å². The van der Waals surface area contributed by atoms with Crippen LogP contribution in [0.3, 0.4) is 0 Å². The lowest BCUT2D eigenvalue weighted by Crippen LogP contribution is -2.17. The fourth-order valence-corrected chi connectivity index (χ4v) is 1.25. The number of benzene rings is 1. The first-order chi connectivity index (χ1) is 7.54. The standard InChI is InChI=1S/C10H12N2O4/c1-12(16-6-13)5-7-2-3-9(11)8(4-7)10(14)15/h2-4,6H,5,11H2,1H3,(H,14,15). The van der Waals surface area contributed by atoms with Crippen LogP contribution in [0.25, 0.3) is 0 Å². The number of hydrogen-bond donors (Lipinski definition) is 2. The van der Waals surface area contributed by atoms with Crippen LogP contribution in [0.5, 0.6) is 0 Å². The number of nitrogen functional groups attached to an aromatic ring is 1. The van der Waals surface area contributed by atoms with Gasteiger partial charge in [-0.1, -0.05) is 6.07 Å². The lowest BCUT2D eigenvalue weighted by molar-refractivity contribution is -0.169. The highest BCUT2D eigenvalue weighted by Gasteiger charge is 2.09. The molecule has 3 N–H and O–H groups in total. The number of nitrogens with zero attached hydrogens (tertiary/aromatic N) is 1. The zero-order chi connectivity index (χ0) is 12.1. The van der Waals surface area contributed by atoms with Crippen molar-refractivity contribution in [1.29, 1.82) is 0 Å². The molecule has 0 fully saturated rings. The highest BCUT2D eigenvalue weighted by Crippen LogP contribution is 2.15. The summed E-state index contributed by atoms with van der Waals surface area (Å²) in [7, 11) is 1.56. The van der Waals surface area contributed by atoms with E-state index in [2.05, 4.69) is 4.84 Å². The van der Waals surface area contributed by atoms with Crippen molar-refractivity contribution < 1.29 is 19.5 Å². The van der Waals surface area contributed by atoms with Gasteiger partial charge in [0, 0.05) is 12.7 Å². The molecule has 0 spiro atoms. The zero-order valence-corrected chi connectivity index (χ0v) is 8.71. The summed E-state index contributed by atoms with van der Waals surface area (Å²) in [5, 5.41) is 10.1. The van der Waals surface area contributed by atoms with Gasteiger partial charge in [0.25, 0.3) is 0 Å². The van der Waals surface area contributed by atoms with Crippen molar-refractivity contribution in [2.24, 2.45) is 0 Å². The van der Waals surface area contributed by atoms with Gasteiger partial charge in [-0.25, -0.2) is 4.79 Å². The predicted octanol–water partition coefficient (Wildman–Crippen LogP) is 0.487. The van der Waals surface area contributed by atoms with Gasteiger partial charge in [-0.2, -0.15) is 0 Å². The van der Waals surface area contributed by atoms with Crippen LogP contribution in [0.15, 0.2) is 18.2 Å². The molecule has 1 rings (SSSR count). The fourth-order valence-electron chi connectivity index (χ4n) is 1.25. The molecule has 0 unspecified atom stereocenters. The smallest absolute Gasteiger partial charge is 0.337 e. The second kappa shape index (κ2) is 5.13. The van der Waals surface area contributed by atoms with Gasteiger partial charge in [0.15, 0.2) is 0 Å². The highest BCUT2D eigenvalue weighted by atomic mass is 16.7. The molecule has 0 saturated heterocycles. The molecule has 0 aliphatic rings. The monoisotopic (exact) mass is 224 g/mol. The Morgan fingerprint density at radius 3 is 2.88 bits per heavy atom. The topological polar surface area (TPSA) is 92.9 Å². The minimum absolute atomic E-state index is 0.0389. The summed E-state index contributed by atoms with van der Waals surface area (Å²) in [6.45, 7) is 0.592. The summed E-state index contributed by atoms with van der Waals surface area (Å²) < 4.78 is 0. The van der Waals surface area contributed by atoms with E-state index in [4.69, 9.17) is 10.8 Å². The molecule has 86 valence electrons. The average molecular weight is 224 g/mol. The molecule has 0 heterocycles. The first-order valence-corrected chi connectivity index (χ1v) is 4.48. The second-order valence-electron chi connectivity index (χ2n) is 3.21. The molecule has 0 atom stereocenters. The van der Waals surface area contributed by atoms with E-state index < -0.39 is 5.97 Å². The molecule has 0 amide bonds. The third-order valence-electron chi connectivity index (χ3n) is 1.98. The van der Waals surface area contributed by atoms with Crippen LogP contribution >= 0.6 is 0 Å². The molecule has 16 heavy (non-hydrogen) atoms. The largest absolute Gasteiger partial charge is 0.478 e. The van der Waals surface area contributed by atoms with Crippen molar-refractivity contribution >= 4 is 18.1 Å². The number of anilines is 1. The maximum absolute atomic E-state index is 10.8. The van der Waals surface area contributed by atoms with Gasteiger partial charge in [0.05, 0.1) is 12.1 Å². The molecule has 6 nitrogen and oxygen atoms in total. The Hall–Kier alpha value is -2.08. The molecule has 0 saturated carbocycles. The molecule has 0 aliphatic carbocycles. The van der Waals surface area contributed by atoms with Crippen molar-refractivity contribution in [3.8, 4) is 0 Å². The molecular formula is C10H12N2O4. The van der Waals surface area contributed by atoms with E-state index in [0.717, 1.165) is 0 Å². The Kier molecular flexibility index (Phi) is 3.84. The molecule has 0 radical (unpaired) electrons. The minimum atomic E-state index is -1.08. The maximum Gasteiger partial charge on any atom is 0.337 e. The number of aromatic carboxylic acids is 1. The number of carbonyl (C=O) groups is 2. The van der Waals surface area contributed by atoms with E-state index in [0.29, 0.717) is 18.6 Å². The van der Waals surface area contributed by atoms with Crippen molar-refractivity contribution in [1.82, 2.24) is 5.06 Å². The first-order valence-electron chi connectivity index (χ1n) is 4.48. The molecule has 0 aliphatic heterocycles.